The van der Waals surface area contributed by atoms with Gasteiger partial charge in [-0.25, -0.2) is 0 Å². The van der Waals surface area contributed by atoms with Crippen LogP contribution in [-0.2, 0) is 0 Å². The average Bonchev–Trinajstić information content (AvgIpc) is 2.17. The van der Waals surface area contributed by atoms with Gasteiger partial charge in [0.15, 0.2) is 0 Å². The molecule has 88 valence electrons. The second-order valence-electron chi connectivity index (χ2n) is 5.59. The molecule has 0 aromatic rings. The minimum Gasteiger partial charge on any atom is -0.314 e. The van der Waals surface area contributed by atoms with Gasteiger partial charge < -0.3 is 5.32 Å². The lowest BCUT2D eigenvalue weighted by Gasteiger charge is -2.37. The fraction of sp³-hybridized carbons (Fsp3) is 1.00. The quantitative estimate of drug-likeness (QED) is 0.727. The lowest BCUT2D eigenvalue weighted by Crippen LogP contribution is -2.41. The Kier molecular flexibility index (Phi) is 4.49. The number of hydrogen-bond donors (Lipinski definition) is 1. The van der Waals surface area contributed by atoms with Gasteiger partial charge in [0.25, 0.3) is 0 Å². The van der Waals surface area contributed by atoms with Crippen LogP contribution in [0.25, 0.3) is 0 Å². The van der Waals surface area contributed by atoms with Gasteiger partial charge in [-0.1, -0.05) is 45.4 Å². The van der Waals surface area contributed by atoms with E-state index in [1.165, 1.54) is 57.8 Å². The molecule has 0 aliphatic heterocycles. The highest BCUT2D eigenvalue weighted by Crippen LogP contribution is 2.35. The van der Waals surface area contributed by atoms with Gasteiger partial charge in [0.2, 0.25) is 0 Å². The zero-order chi connectivity index (χ0) is 10.5. The largest absolute Gasteiger partial charge is 0.314 e. The standard InChI is InChI=1S/C14H27N/c1-2-15-14(13-9-6-10-13)11-12-7-4-3-5-8-12/h12-15H,2-11H2,1H3. The maximum atomic E-state index is 3.73. The molecule has 15 heavy (non-hydrogen) atoms. The van der Waals surface area contributed by atoms with E-state index >= 15 is 0 Å². The summed E-state index contributed by atoms with van der Waals surface area (Å²) in [6, 6.07) is 0.854. The highest BCUT2D eigenvalue weighted by atomic mass is 14.9. The topological polar surface area (TPSA) is 12.0 Å². The number of hydrogen-bond acceptors (Lipinski definition) is 1. The van der Waals surface area contributed by atoms with Gasteiger partial charge in [0.1, 0.15) is 0 Å². The summed E-state index contributed by atoms with van der Waals surface area (Å²) < 4.78 is 0. The molecule has 2 fully saturated rings. The average molecular weight is 209 g/mol. The second kappa shape index (κ2) is 5.89. The van der Waals surface area contributed by atoms with Crippen LogP contribution in [0.2, 0.25) is 0 Å². The van der Waals surface area contributed by atoms with Crippen molar-refractivity contribution in [2.75, 3.05) is 6.54 Å². The normalized spacial score (nSPS) is 26.2. The summed E-state index contributed by atoms with van der Waals surface area (Å²) in [5.74, 6) is 2.07. The molecule has 2 aliphatic rings. The zero-order valence-electron chi connectivity index (χ0n) is 10.3. The van der Waals surface area contributed by atoms with E-state index in [2.05, 4.69) is 12.2 Å². The minimum atomic E-state index is 0.854. The van der Waals surface area contributed by atoms with Crippen LogP contribution in [0, 0.1) is 11.8 Å². The van der Waals surface area contributed by atoms with Crippen molar-refractivity contribution in [1.29, 1.82) is 0 Å². The van der Waals surface area contributed by atoms with Gasteiger partial charge in [0, 0.05) is 6.04 Å². The van der Waals surface area contributed by atoms with Crippen molar-refractivity contribution in [2.24, 2.45) is 11.8 Å². The zero-order valence-corrected chi connectivity index (χ0v) is 10.3. The Bertz CT molecular complexity index is 168. The Morgan fingerprint density at radius 1 is 1.00 bits per heavy atom. The van der Waals surface area contributed by atoms with Crippen LogP contribution in [0.15, 0.2) is 0 Å². The molecule has 0 amide bonds. The van der Waals surface area contributed by atoms with Crippen molar-refractivity contribution in [1.82, 2.24) is 5.32 Å². The van der Waals surface area contributed by atoms with Crippen LogP contribution in [0.4, 0.5) is 0 Å². The maximum Gasteiger partial charge on any atom is 0.00978 e. The monoisotopic (exact) mass is 209 g/mol. The molecule has 0 heterocycles. The van der Waals surface area contributed by atoms with Gasteiger partial charge in [-0.05, 0) is 37.6 Å². The number of nitrogens with one attached hydrogen (secondary N) is 1. The van der Waals surface area contributed by atoms with Gasteiger partial charge in [-0.2, -0.15) is 0 Å². The Labute approximate surface area is 95.0 Å². The van der Waals surface area contributed by atoms with E-state index in [0.717, 1.165) is 24.4 Å². The first-order valence-corrected chi connectivity index (χ1v) is 7.13. The van der Waals surface area contributed by atoms with E-state index in [1.54, 1.807) is 0 Å². The van der Waals surface area contributed by atoms with Gasteiger partial charge >= 0.3 is 0 Å². The Morgan fingerprint density at radius 3 is 2.27 bits per heavy atom. The van der Waals surface area contributed by atoms with Crippen LogP contribution < -0.4 is 5.32 Å². The van der Waals surface area contributed by atoms with Gasteiger partial charge in [0.05, 0.1) is 0 Å². The van der Waals surface area contributed by atoms with E-state index in [4.69, 9.17) is 0 Å². The van der Waals surface area contributed by atoms with E-state index in [0.29, 0.717) is 0 Å². The lowest BCUT2D eigenvalue weighted by atomic mass is 9.74. The molecular weight excluding hydrogens is 182 g/mol. The highest BCUT2D eigenvalue weighted by molar-refractivity contribution is 4.85. The van der Waals surface area contributed by atoms with Crippen molar-refractivity contribution < 1.29 is 0 Å². The van der Waals surface area contributed by atoms with Crippen LogP contribution in [0.1, 0.15) is 64.7 Å². The molecule has 0 radical (unpaired) electrons. The van der Waals surface area contributed by atoms with Crippen LogP contribution >= 0.6 is 0 Å². The molecule has 0 bridgehead atoms. The third kappa shape index (κ3) is 3.21. The van der Waals surface area contributed by atoms with Crippen molar-refractivity contribution in [3.63, 3.8) is 0 Å². The fourth-order valence-corrected chi connectivity index (χ4v) is 3.33. The van der Waals surface area contributed by atoms with Crippen molar-refractivity contribution in [3.05, 3.63) is 0 Å². The van der Waals surface area contributed by atoms with Gasteiger partial charge in [-0.3, -0.25) is 0 Å². The molecule has 0 aromatic carbocycles. The summed E-state index contributed by atoms with van der Waals surface area (Å²) in [5, 5.41) is 3.73. The third-order valence-electron chi connectivity index (χ3n) is 4.50. The van der Waals surface area contributed by atoms with E-state index in [1.807, 2.05) is 0 Å². The van der Waals surface area contributed by atoms with Crippen LogP contribution in [0.3, 0.4) is 0 Å². The predicted octanol–water partition coefficient (Wildman–Crippen LogP) is 3.74. The second-order valence-corrected chi connectivity index (χ2v) is 5.59. The van der Waals surface area contributed by atoms with Gasteiger partial charge in [-0.15, -0.1) is 0 Å². The molecule has 0 spiro atoms. The van der Waals surface area contributed by atoms with Crippen LogP contribution in [-0.4, -0.2) is 12.6 Å². The third-order valence-corrected chi connectivity index (χ3v) is 4.50. The van der Waals surface area contributed by atoms with Crippen LogP contribution in [0.5, 0.6) is 0 Å². The van der Waals surface area contributed by atoms with Crippen molar-refractivity contribution in [2.45, 2.75) is 70.8 Å². The van der Waals surface area contributed by atoms with Crippen molar-refractivity contribution >= 4 is 0 Å². The van der Waals surface area contributed by atoms with E-state index in [9.17, 15) is 0 Å². The molecule has 1 N–H and O–H groups in total. The SMILES string of the molecule is CCNC(CC1CCCCC1)C1CCC1. The van der Waals surface area contributed by atoms with E-state index < -0.39 is 0 Å². The molecule has 0 aromatic heterocycles. The predicted molar refractivity (Wildman–Crippen MR) is 66.0 cm³/mol. The summed E-state index contributed by atoms with van der Waals surface area (Å²) in [6.07, 6.45) is 13.4. The van der Waals surface area contributed by atoms with Crippen molar-refractivity contribution in [3.8, 4) is 0 Å². The molecule has 2 aliphatic carbocycles. The maximum absolute atomic E-state index is 3.73. The Morgan fingerprint density at radius 2 is 1.73 bits per heavy atom. The lowest BCUT2D eigenvalue weighted by molar-refractivity contribution is 0.186. The smallest absolute Gasteiger partial charge is 0.00978 e. The molecule has 2 rings (SSSR count). The summed E-state index contributed by atoms with van der Waals surface area (Å²) in [4.78, 5) is 0. The summed E-state index contributed by atoms with van der Waals surface area (Å²) in [7, 11) is 0. The molecule has 1 heteroatoms. The first kappa shape index (κ1) is 11.4. The summed E-state index contributed by atoms with van der Waals surface area (Å²) in [6.45, 7) is 3.42. The summed E-state index contributed by atoms with van der Waals surface area (Å²) in [5.41, 5.74) is 0. The summed E-state index contributed by atoms with van der Waals surface area (Å²) >= 11 is 0. The first-order valence-electron chi connectivity index (χ1n) is 7.13. The highest BCUT2D eigenvalue weighted by Gasteiger charge is 2.28. The molecule has 1 unspecified atom stereocenters. The molecule has 1 atom stereocenters. The molecule has 1 nitrogen and oxygen atoms in total. The first-order chi connectivity index (χ1) is 7.40. The van der Waals surface area contributed by atoms with E-state index in [-0.39, 0.29) is 0 Å². The fourth-order valence-electron chi connectivity index (χ4n) is 3.33. The Hall–Kier alpha value is -0.0400. The Balaban J connectivity index is 1.76. The molecule has 0 saturated heterocycles. The number of rotatable bonds is 5. The minimum absolute atomic E-state index is 0.854. The molecule has 2 saturated carbocycles. The molecular formula is C14H27N.